The first kappa shape index (κ1) is 20.4. The summed E-state index contributed by atoms with van der Waals surface area (Å²) in [6, 6.07) is 11.9. The topological polar surface area (TPSA) is 80.8 Å². The summed E-state index contributed by atoms with van der Waals surface area (Å²) in [6.45, 7) is 3.30. The molecule has 1 saturated heterocycles. The van der Waals surface area contributed by atoms with E-state index >= 15 is 0 Å². The van der Waals surface area contributed by atoms with Gasteiger partial charge in [0.05, 0.1) is 23.1 Å². The van der Waals surface area contributed by atoms with E-state index < -0.39 is 12.6 Å². The Hall–Kier alpha value is -3.54. The summed E-state index contributed by atoms with van der Waals surface area (Å²) in [5.74, 6) is -2.10. The van der Waals surface area contributed by atoms with Crippen molar-refractivity contribution >= 4 is 29.3 Å². The molecule has 6 nitrogen and oxygen atoms in total. The highest BCUT2D eigenvalue weighted by Gasteiger charge is 2.59. The number of hydrogen-bond acceptors (Lipinski definition) is 5. The number of rotatable bonds is 5. The fourth-order valence-electron chi connectivity index (χ4n) is 5.30. The van der Waals surface area contributed by atoms with Gasteiger partial charge >= 0.3 is 5.97 Å². The molecule has 6 heteroatoms. The maximum Gasteiger partial charge on any atom is 0.340 e. The number of nitrogens with zero attached hydrogens (tertiary/aromatic N) is 1. The van der Waals surface area contributed by atoms with Crippen LogP contribution in [0.15, 0.2) is 54.6 Å². The molecule has 2 bridgehead atoms. The molecular formula is C26H23NO5. The van der Waals surface area contributed by atoms with Crippen LogP contribution in [-0.4, -0.2) is 30.2 Å². The average Bonchev–Trinajstić information content (AvgIpc) is 3.47. The second-order valence-corrected chi connectivity index (χ2v) is 8.85. The lowest BCUT2D eigenvalue weighted by Gasteiger charge is -2.20. The molecule has 2 aliphatic carbocycles. The maximum absolute atomic E-state index is 13.1. The van der Waals surface area contributed by atoms with Gasteiger partial charge in [0.2, 0.25) is 17.6 Å². The number of anilines is 1. The molecular weight excluding hydrogens is 406 g/mol. The predicted octanol–water partition coefficient (Wildman–Crippen LogP) is 3.65. The van der Waals surface area contributed by atoms with Crippen molar-refractivity contribution in [3.63, 3.8) is 0 Å². The maximum atomic E-state index is 13.1. The lowest BCUT2D eigenvalue weighted by atomic mass is 9.85. The first-order chi connectivity index (χ1) is 15.4. The molecule has 5 rings (SSSR count). The number of benzene rings is 2. The molecule has 3 aliphatic rings. The van der Waals surface area contributed by atoms with Crippen molar-refractivity contribution in [2.75, 3.05) is 11.5 Å². The molecule has 2 fully saturated rings. The summed E-state index contributed by atoms with van der Waals surface area (Å²) in [4.78, 5) is 52.9. The van der Waals surface area contributed by atoms with Crippen LogP contribution in [0.1, 0.15) is 38.3 Å². The van der Waals surface area contributed by atoms with Gasteiger partial charge in [0.25, 0.3) is 0 Å². The molecule has 2 aromatic rings. The Morgan fingerprint density at radius 3 is 2.28 bits per heavy atom. The van der Waals surface area contributed by atoms with E-state index in [1.807, 2.05) is 38.1 Å². The van der Waals surface area contributed by atoms with E-state index in [9.17, 15) is 19.2 Å². The number of esters is 1. The van der Waals surface area contributed by atoms with Crippen molar-refractivity contribution in [2.45, 2.75) is 20.3 Å². The highest BCUT2D eigenvalue weighted by Crippen LogP contribution is 2.53. The summed E-state index contributed by atoms with van der Waals surface area (Å²) in [5.41, 5.74) is 2.58. The molecule has 2 aromatic carbocycles. The molecule has 4 atom stereocenters. The summed E-state index contributed by atoms with van der Waals surface area (Å²) in [7, 11) is 0. The third-order valence-corrected chi connectivity index (χ3v) is 6.86. The number of aryl methyl sites for hydroxylation is 2. The quantitative estimate of drug-likeness (QED) is 0.314. The molecule has 1 aliphatic heterocycles. The second kappa shape index (κ2) is 7.55. The molecule has 0 aromatic heterocycles. The zero-order valence-corrected chi connectivity index (χ0v) is 17.9. The zero-order valence-electron chi connectivity index (χ0n) is 17.9. The van der Waals surface area contributed by atoms with Crippen molar-refractivity contribution in [1.29, 1.82) is 0 Å². The number of imide groups is 1. The third-order valence-electron chi connectivity index (χ3n) is 6.86. The Morgan fingerprint density at radius 2 is 1.59 bits per heavy atom. The van der Waals surface area contributed by atoms with Crippen LogP contribution in [0.2, 0.25) is 0 Å². The van der Waals surface area contributed by atoms with E-state index in [4.69, 9.17) is 4.74 Å². The van der Waals surface area contributed by atoms with Crippen LogP contribution in [0, 0.1) is 37.5 Å². The minimum absolute atomic E-state index is 0.0840. The van der Waals surface area contributed by atoms with E-state index in [0.717, 1.165) is 22.4 Å². The summed E-state index contributed by atoms with van der Waals surface area (Å²) < 4.78 is 5.31. The molecule has 1 heterocycles. The van der Waals surface area contributed by atoms with Gasteiger partial charge in [0, 0.05) is 5.56 Å². The van der Waals surface area contributed by atoms with Crippen LogP contribution in [0.3, 0.4) is 0 Å². The molecule has 0 N–H and O–H groups in total. The van der Waals surface area contributed by atoms with Crippen molar-refractivity contribution in [1.82, 2.24) is 0 Å². The smallest absolute Gasteiger partial charge is 0.340 e. The van der Waals surface area contributed by atoms with Crippen molar-refractivity contribution in [3.8, 4) is 0 Å². The minimum Gasteiger partial charge on any atom is -0.454 e. The summed E-state index contributed by atoms with van der Waals surface area (Å²) >= 11 is 0. The molecule has 0 unspecified atom stereocenters. The van der Waals surface area contributed by atoms with Crippen LogP contribution in [-0.2, 0) is 14.3 Å². The predicted molar refractivity (Wildman–Crippen MR) is 117 cm³/mol. The van der Waals surface area contributed by atoms with E-state index in [1.54, 1.807) is 24.3 Å². The van der Waals surface area contributed by atoms with Crippen molar-refractivity contribution < 1.29 is 23.9 Å². The monoisotopic (exact) mass is 429 g/mol. The van der Waals surface area contributed by atoms with E-state index in [1.165, 1.54) is 6.07 Å². The average molecular weight is 429 g/mol. The lowest BCUT2D eigenvalue weighted by Crippen LogP contribution is -2.34. The van der Waals surface area contributed by atoms with Crippen LogP contribution in [0.4, 0.5) is 5.69 Å². The molecule has 0 spiro atoms. The standard InChI is InChI=1S/C26H23NO5/c1-14-7-8-15(2)19(11-14)21(28)13-32-26(31)18-5-3-4-6-20(18)27-24(29)22-16-9-10-17(12-16)23(22)25(27)30/h3-11,16-17,22-23H,12-13H2,1-2H3/t16-,17+,22-,23+. The number of allylic oxidation sites excluding steroid dienone is 2. The van der Waals surface area contributed by atoms with Gasteiger partial charge in [-0.25, -0.2) is 9.69 Å². The Labute approximate surface area is 185 Å². The SMILES string of the molecule is Cc1ccc(C)c(C(=O)COC(=O)c2ccccc2N2C(=O)[C@@H]3[C@H](C2=O)[C@@H]2C=C[C@H]3C2)c1. The summed E-state index contributed by atoms with van der Waals surface area (Å²) in [6.07, 6.45) is 4.89. The number of ether oxygens (including phenoxy) is 1. The van der Waals surface area contributed by atoms with Gasteiger partial charge in [0.15, 0.2) is 6.61 Å². The molecule has 2 amide bonds. The molecule has 0 radical (unpaired) electrons. The Balaban J connectivity index is 1.37. The van der Waals surface area contributed by atoms with Gasteiger partial charge in [-0.15, -0.1) is 0 Å². The number of fused-ring (bicyclic) bond motifs is 5. The first-order valence-electron chi connectivity index (χ1n) is 10.8. The second-order valence-electron chi connectivity index (χ2n) is 8.85. The van der Waals surface area contributed by atoms with Crippen LogP contribution in [0.5, 0.6) is 0 Å². The number of para-hydroxylation sites is 1. The van der Waals surface area contributed by atoms with E-state index in [-0.39, 0.29) is 52.5 Å². The zero-order chi connectivity index (χ0) is 22.6. The van der Waals surface area contributed by atoms with Crippen LogP contribution >= 0.6 is 0 Å². The highest BCUT2D eigenvalue weighted by molar-refractivity contribution is 6.24. The number of ketones is 1. The van der Waals surface area contributed by atoms with Crippen molar-refractivity contribution in [2.24, 2.45) is 23.7 Å². The molecule has 162 valence electrons. The minimum atomic E-state index is -0.738. The first-order valence-corrected chi connectivity index (χ1v) is 10.8. The van der Waals surface area contributed by atoms with Gasteiger partial charge in [-0.1, -0.05) is 42.0 Å². The van der Waals surface area contributed by atoms with Gasteiger partial charge in [0.1, 0.15) is 0 Å². The fourth-order valence-corrected chi connectivity index (χ4v) is 5.30. The number of amides is 2. The fraction of sp³-hybridized carbons (Fsp3) is 0.308. The number of carbonyl (C=O) groups is 4. The lowest BCUT2D eigenvalue weighted by molar-refractivity contribution is -0.123. The van der Waals surface area contributed by atoms with Gasteiger partial charge < -0.3 is 4.74 Å². The number of hydrogen-bond donors (Lipinski definition) is 0. The number of Topliss-reactive ketones (excluding diaryl/α,β-unsaturated/α-hetero) is 1. The van der Waals surface area contributed by atoms with Crippen LogP contribution < -0.4 is 4.90 Å². The highest BCUT2D eigenvalue weighted by atomic mass is 16.5. The van der Waals surface area contributed by atoms with Crippen LogP contribution in [0.25, 0.3) is 0 Å². The number of carbonyl (C=O) groups excluding carboxylic acids is 4. The Bertz CT molecular complexity index is 1170. The van der Waals surface area contributed by atoms with E-state index in [0.29, 0.717) is 5.56 Å². The molecule has 1 saturated carbocycles. The normalized spacial score (nSPS) is 25.4. The summed E-state index contributed by atoms with van der Waals surface area (Å²) in [5, 5.41) is 0. The van der Waals surface area contributed by atoms with Crippen molar-refractivity contribution in [3.05, 3.63) is 76.9 Å². The largest absolute Gasteiger partial charge is 0.454 e. The third kappa shape index (κ3) is 3.09. The van der Waals surface area contributed by atoms with Gasteiger partial charge in [-0.2, -0.15) is 0 Å². The Kier molecular flexibility index (Phi) is 4.81. The van der Waals surface area contributed by atoms with E-state index in [2.05, 4.69) is 0 Å². The Morgan fingerprint density at radius 1 is 0.938 bits per heavy atom. The van der Waals surface area contributed by atoms with Gasteiger partial charge in [-0.05, 0) is 55.9 Å². The molecule has 32 heavy (non-hydrogen) atoms. The van der Waals surface area contributed by atoms with Gasteiger partial charge in [-0.3, -0.25) is 14.4 Å².